The first-order chi connectivity index (χ1) is 9.79. The van der Waals surface area contributed by atoms with Gasteiger partial charge in [0.05, 0.1) is 12.0 Å². The second-order valence-corrected chi connectivity index (χ2v) is 7.96. The zero-order valence-corrected chi connectivity index (χ0v) is 14.0. The fraction of sp³-hybridized carbons (Fsp3) is 0.941. The summed E-state index contributed by atoms with van der Waals surface area (Å²) >= 11 is 0. The van der Waals surface area contributed by atoms with Gasteiger partial charge in [-0.25, -0.2) is 0 Å². The summed E-state index contributed by atoms with van der Waals surface area (Å²) in [6.45, 7) is 8.54. The van der Waals surface area contributed by atoms with Gasteiger partial charge in [0.2, 0.25) is 0 Å². The lowest BCUT2D eigenvalue weighted by atomic mass is 9.67. The second kappa shape index (κ2) is 6.66. The van der Waals surface area contributed by atoms with Crippen LogP contribution in [-0.4, -0.2) is 48.3 Å². The molecular formula is C17H31NO3. The average molecular weight is 297 g/mol. The molecule has 4 unspecified atom stereocenters. The van der Waals surface area contributed by atoms with Crippen LogP contribution >= 0.6 is 0 Å². The molecule has 4 nitrogen and oxygen atoms in total. The molecule has 0 bridgehead atoms. The van der Waals surface area contributed by atoms with Gasteiger partial charge in [0.1, 0.15) is 0 Å². The lowest BCUT2D eigenvalue weighted by Gasteiger charge is -2.44. The van der Waals surface area contributed by atoms with Crippen LogP contribution in [0, 0.1) is 17.3 Å². The summed E-state index contributed by atoms with van der Waals surface area (Å²) in [5.41, 5.74) is 0.256. The zero-order chi connectivity index (χ0) is 15.6. The van der Waals surface area contributed by atoms with E-state index >= 15 is 0 Å². The predicted molar refractivity (Wildman–Crippen MR) is 83.3 cm³/mol. The molecule has 0 aromatic rings. The average Bonchev–Trinajstić information content (AvgIpc) is 2.89. The first kappa shape index (κ1) is 16.8. The number of carbonyl (C=O) groups is 1. The van der Waals surface area contributed by atoms with E-state index < -0.39 is 5.97 Å². The lowest BCUT2D eigenvalue weighted by Crippen LogP contribution is -2.49. The van der Waals surface area contributed by atoms with Crippen LogP contribution in [0.25, 0.3) is 0 Å². The van der Waals surface area contributed by atoms with E-state index in [1.807, 2.05) is 0 Å². The Morgan fingerprint density at radius 3 is 2.52 bits per heavy atom. The van der Waals surface area contributed by atoms with Crippen molar-refractivity contribution in [1.82, 2.24) is 4.90 Å². The van der Waals surface area contributed by atoms with E-state index in [0.717, 1.165) is 45.3 Å². The van der Waals surface area contributed by atoms with Gasteiger partial charge >= 0.3 is 5.97 Å². The number of hydrogen-bond donors (Lipinski definition) is 1. The fourth-order valence-electron chi connectivity index (χ4n) is 3.95. The van der Waals surface area contributed by atoms with Crippen molar-refractivity contribution in [2.45, 2.75) is 65.0 Å². The normalized spacial score (nSPS) is 34.3. The number of nitrogens with zero attached hydrogens (tertiary/aromatic N) is 1. The van der Waals surface area contributed by atoms with Gasteiger partial charge in [-0.3, -0.25) is 9.69 Å². The lowest BCUT2D eigenvalue weighted by molar-refractivity contribution is -0.147. The molecule has 1 N–H and O–H groups in total. The van der Waals surface area contributed by atoms with Gasteiger partial charge in [-0.15, -0.1) is 0 Å². The number of carboxylic acids is 1. The summed E-state index contributed by atoms with van der Waals surface area (Å²) < 4.78 is 5.72. The van der Waals surface area contributed by atoms with E-state index in [1.165, 1.54) is 0 Å². The number of hydrogen-bond acceptors (Lipinski definition) is 3. The van der Waals surface area contributed by atoms with Crippen molar-refractivity contribution in [2.24, 2.45) is 17.3 Å². The van der Waals surface area contributed by atoms with Crippen LogP contribution in [0.1, 0.15) is 52.9 Å². The first-order valence-electron chi connectivity index (χ1n) is 8.33. The van der Waals surface area contributed by atoms with Gasteiger partial charge < -0.3 is 9.84 Å². The summed E-state index contributed by atoms with van der Waals surface area (Å²) in [5, 5.41) is 9.55. The summed E-state index contributed by atoms with van der Waals surface area (Å²) in [6.07, 6.45) is 5.36. The Morgan fingerprint density at radius 2 is 2.00 bits per heavy atom. The quantitative estimate of drug-likeness (QED) is 0.866. The van der Waals surface area contributed by atoms with E-state index in [0.29, 0.717) is 12.0 Å². The molecule has 1 aliphatic carbocycles. The van der Waals surface area contributed by atoms with Crippen LogP contribution in [-0.2, 0) is 9.53 Å². The molecule has 1 saturated carbocycles. The van der Waals surface area contributed by atoms with Crippen LogP contribution in [0.5, 0.6) is 0 Å². The molecule has 2 fully saturated rings. The third kappa shape index (κ3) is 4.19. The van der Waals surface area contributed by atoms with E-state index in [-0.39, 0.29) is 17.4 Å². The maximum atomic E-state index is 11.6. The molecule has 0 spiro atoms. The highest BCUT2D eigenvalue weighted by Gasteiger charge is 2.41. The van der Waals surface area contributed by atoms with Crippen LogP contribution in [0.15, 0.2) is 0 Å². The predicted octanol–water partition coefficient (Wildman–Crippen LogP) is 3.01. The number of aliphatic carboxylic acids is 1. The van der Waals surface area contributed by atoms with Crippen molar-refractivity contribution in [2.75, 3.05) is 20.2 Å². The number of likely N-dealkylation sites (N-methyl/N-ethyl adjacent to an activating group) is 1. The van der Waals surface area contributed by atoms with Crippen molar-refractivity contribution in [3.8, 4) is 0 Å². The van der Waals surface area contributed by atoms with Gasteiger partial charge in [-0.05, 0) is 50.5 Å². The third-order valence-corrected chi connectivity index (χ3v) is 5.44. The third-order valence-electron chi connectivity index (χ3n) is 5.44. The molecule has 4 heteroatoms. The highest BCUT2D eigenvalue weighted by molar-refractivity contribution is 5.71. The molecule has 1 aliphatic heterocycles. The summed E-state index contributed by atoms with van der Waals surface area (Å²) in [5.74, 6) is -0.258. The van der Waals surface area contributed by atoms with Gasteiger partial charge in [-0.1, -0.05) is 20.8 Å². The van der Waals surface area contributed by atoms with Crippen molar-refractivity contribution in [3.05, 3.63) is 0 Å². The summed E-state index contributed by atoms with van der Waals surface area (Å²) in [4.78, 5) is 13.9. The van der Waals surface area contributed by atoms with E-state index in [2.05, 4.69) is 32.7 Å². The van der Waals surface area contributed by atoms with E-state index in [4.69, 9.17) is 4.74 Å². The molecule has 0 aromatic heterocycles. The van der Waals surface area contributed by atoms with Crippen molar-refractivity contribution >= 4 is 5.97 Å². The number of rotatable bonds is 4. The molecular weight excluding hydrogens is 266 g/mol. The van der Waals surface area contributed by atoms with Crippen molar-refractivity contribution < 1.29 is 14.6 Å². The molecule has 2 rings (SSSR count). The largest absolute Gasteiger partial charge is 0.481 e. The molecule has 4 atom stereocenters. The van der Waals surface area contributed by atoms with E-state index in [1.54, 1.807) is 0 Å². The van der Waals surface area contributed by atoms with Gasteiger partial charge in [0.25, 0.3) is 0 Å². The van der Waals surface area contributed by atoms with E-state index in [9.17, 15) is 9.90 Å². The fourth-order valence-corrected chi connectivity index (χ4v) is 3.95. The van der Waals surface area contributed by atoms with Crippen molar-refractivity contribution in [3.63, 3.8) is 0 Å². The molecule has 0 aromatic carbocycles. The standard InChI is InChI=1S/C17H31NO3/c1-17(2,3)12-7-8-14(16(19)20)15(10-12)18(4)11-13-6-5-9-21-13/h12-15H,5-11H2,1-4H3,(H,19,20). The minimum atomic E-state index is -0.633. The second-order valence-electron chi connectivity index (χ2n) is 7.96. The highest BCUT2D eigenvalue weighted by atomic mass is 16.5. The molecule has 2 aliphatic rings. The van der Waals surface area contributed by atoms with Crippen molar-refractivity contribution in [1.29, 1.82) is 0 Å². The Labute approximate surface area is 128 Å². The maximum absolute atomic E-state index is 11.6. The highest BCUT2D eigenvalue weighted by Crippen LogP contribution is 2.41. The molecule has 0 radical (unpaired) electrons. The minimum absolute atomic E-state index is 0.143. The molecule has 122 valence electrons. The van der Waals surface area contributed by atoms with Crippen LogP contribution < -0.4 is 0 Å². The van der Waals surface area contributed by atoms with Crippen LogP contribution in [0.2, 0.25) is 0 Å². The van der Waals surface area contributed by atoms with Gasteiger partial charge in [-0.2, -0.15) is 0 Å². The number of carboxylic acid groups (broad SMARTS) is 1. The van der Waals surface area contributed by atoms with Gasteiger partial charge in [0, 0.05) is 19.2 Å². The Hall–Kier alpha value is -0.610. The summed E-state index contributed by atoms with van der Waals surface area (Å²) in [7, 11) is 2.08. The van der Waals surface area contributed by atoms with Crippen LogP contribution in [0.4, 0.5) is 0 Å². The zero-order valence-electron chi connectivity index (χ0n) is 14.0. The Morgan fingerprint density at radius 1 is 1.29 bits per heavy atom. The Kier molecular flexibility index (Phi) is 5.31. The van der Waals surface area contributed by atoms with Gasteiger partial charge in [0.15, 0.2) is 0 Å². The monoisotopic (exact) mass is 297 g/mol. The molecule has 1 heterocycles. The molecule has 0 amide bonds. The smallest absolute Gasteiger partial charge is 0.308 e. The summed E-state index contributed by atoms with van der Waals surface area (Å²) in [6, 6.07) is 0.143. The Bertz CT molecular complexity index is 358. The molecule has 21 heavy (non-hydrogen) atoms. The molecule has 1 saturated heterocycles. The van der Waals surface area contributed by atoms with Crippen LogP contribution in [0.3, 0.4) is 0 Å². The first-order valence-corrected chi connectivity index (χ1v) is 8.33. The SMILES string of the molecule is CN(CC1CCCO1)C1CC(C(C)(C)C)CCC1C(=O)O. The number of ether oxygens (including phenoxy) is 1. The topological polar surface area (TPSA) is 49.8 Å². The maximum Gasteiger partial charge on any atom is 0.308 e. The minimum Gasteiger partial charge on any atom is -0.481 e. The Balaban J connectivity index is 2.03.